The Morgan fingerprint density at radius 1 is 1.30 bits per heavy atom. The molecule has 0 aliphatic carbocycles. The minimum Gasteiger partial charge on any atom is -0.496 e. The number of thioether (sulfide) groups is 1. The van der Waals surface area contributed by atoms with Gasteiger partial charge in [0.25, 0.3) is 0 Å². The monoisotopic (exact) mass is 352 g/mol. The predicted octanol–water partition coefficient (Wildman–Crippen LogP) is 4.45. The van der Waals surface area contributed by atoms with Gasteiger partial charge >= 0.3 is 5.97 Å². The summed E-state index contributed by atoms with van der Waals surface area (Å²) >= 11 is 5.13. The van der Waals surface area contributed by atoms with E-state index < -0.39 is 5.97 Å². The van der Waals surface area contributed by atoms with Crippen LogP contribution in [0, 0.1) is 0 Å². The maximum absolute atomic E-state index is 11.0. The van der Waals surface area contributed by atoms with E-state index in [4.69, 9.17) is 9.84 Å². The molecule has 104 valence electrons. The molecule has 0 spiro atoms. The third kappa shape index (κ3) is 3.55. The maximum Gasteiger partial charge on any atom is 0.335 e. The summed E-state index contributed by atoms with van der Waals surface area (Å²) in [6.07, 6.45) is 0. The van der Waals surface area contributed by atoms with Crippen LogP contribution in [0.15, 0.2) is 51.8 Å². The quantitative estimate of drug-likeness (QED) is 0.807. The zero-order valence-electron chi connectivity index (χ0n) is 10.8. The highest BCUT2D eigenvalue weighted by atomic mass is 79.9. The van der Waals surface area contributed by atoms with E-state index in [1.54, 1.807) is 37.1 Å². The van der Waals surface area contributed by atoms with E-state index in [1.807, 2.05) is 24.3 Å². The van der Waals surface area contributed by atoms with E-state index >= 15 is 0 Å². The van der Waals surface area contributed by atoms with Crippen molar-refractivity contribution in [2.75, 3.05) is 7.11 Å². The molecule has 2 aromatic rings. The van der Waals surface area contributed by atoms with Crippen LogP contribution in [0.4, 0.5) is 0 Å². The van der Waals surface area contributed by atoms with Crippen LogP contribution in [0.1, 0.15) is 15.9 Å². The molecule has 2 aromatic carbocycles. The van der Waals surface area contributed by atoms with Crippen LogP contribution in [0.3, 0.4) is 0 Å². The molecule has 2 rings (SSSR count). The number of methoxy groups -OCH3 is 1. The molecule has 0 unspecified atom stereocenters. The zero-order chi connectivity index (χ0) is 14.5. The summed E-state index contributed by atoms with van der Waals surface area (Å²) in [5.41, 5.74) is 1.14. The first-order valence-corrected chi connectivity index (χ1v) is 7.67. The molecule has 0 aliphatic heterocycles. The van der Waals surface area contributed by atoms with Crippen molar-refractivity contribution in [3.63, 3.8) is 0 Å². The van der Waals surface area contributed by atoms with E-state index in [2.05, 4.69) is 15.9 Å². The summed E-state index contributed by atoms with van der Waals surface area (Å²) in [5, 5.41) is 9.05. The van der Waals surface area contributed by atoms with Crippen LogP contribution < -0.4 is 4.74 Å². The van der Waals surface area contributed by atoms with Crippen LogP contribution in [0.5, 0.6) is 5.75 Å². The van der Waals surface area contributed by atoms with Gasteiger partial charge in [-0.05, 0) is 46.3 Å². The van der Waals surface area contributed by atoms with Gasteiger partial charge < -0.3 is 9.84 Å². The number of carboxylic acid groups (broad SMARTS) is 1. The second-order valence-electron chi connectivity index (χ2n) is 4.05. The number of carbonyl (C=O) groups is 1. The molecule has 0 heterocycles. The normalized spacial score (nSPS) is 10.3. The lowest BCUT2D eigenvalue weighted by molar-refractivity contribution is 0.0696. The van der Waals surface area contributed by atoms with E-state index in [1.165, 1.54) is 0 Å². The third-order valence-corrected chi connectivity index (χ3v) is 4.82. The summed E-state index contributed by atoms with van der Waals surface area (Å²) in [6.45, 7) is 0. The van der Waals surface area contributed by atoms with Gasteiger partial charge in [-0.1, -0.05) is 12.1 Å². The largest absolute Gasteiger partial charge is 0.496 e. The van der Waals surface area contributed by atoms with Gasteiger partial charge in [0, 0.05) is 20.7 Å². The summed E-state index contributed by atoms with van der Waals surface area (Å²) in [6, 6.07) is 12.8. The van der Waals surface area contributed by atoms with E-state index in [9.17, 15) is 4.79 Å². The Kier molecular flexibility index (Phi) is 5.09. The van der Waals surface area contributed by atoms with Gasteiger partial charge in [0.2, 0.25) is 0 Å². The molecule has 0 saturated carbocycles. The van der Waals surface area contributed by atoms with Crippen LogP contribution in [0.2, 0.25) is 0 Å². The summed E-state index contributed by atoms with van der Waals surface area (Å²) in [5.74, 6) is 0.418. The van der Waals surface area contributed by atoms with Crippen molar-refractivity contribution in [2.24, 2.45) is 0 Å². The van der Waals surface area contributed by atoms with Gasteiger partial charge in [0.1, 0.15) is 5.75 Å². The number of aromatic carboxylic acids is 1. The molecule has 0 aromatic heterocycles. The number of halogens is 1. The summed E-state index contributed by atoms with van der Waals surface area (Å²) < 4.78 is 6.31. The smallest absolute Gasteiger partial charge is 0.335 e. The van der Waals surface area contributed by atoms with Crippen molar-refractivity contribution in [3.05, 3.63) is 58.1 Å². The lowest BCUT2D eigenvalue weighted by atomic mass is 10.1. The molecule has 0 amide bonds. The van der Waals surface area contributed by atoms with Gasteiger partial charge in [-0.25, -0.2) is 4.79 Å². The molecule has 0 aliphatic rings. The van der Waals surface area contributed by atoms with Gasteiger partial charge in [-0.15, -0.1) is 11.8 Å². The molecular formula is C15H13BrO3S. The average molecular weight is 353 g/mol. The van der Waals surface area contributed by atoms with Crippen LogP contribution in [-0.2, 0) is 5.75 Å². The van der Waals surface area contributed by atoms with Crippen LogP contribution in [0.25, 0.3) is 0 Å². The molecular weight excluding hydrogens is 340 g/mol. The first-order valence-electron chi connectivity index (χ1n) is 5.89. The van der Waals surface area contributed by atoms with Crippen LogP contribution in [-0.4, -0.2) is 18.2 Å². The Hall–Kier alpha value is -1.46. The third-order valence-electron chi connectivity index (χ3n) is 2.75. The van der Waals surface area contributed by atoms with E-state index in [-0.39, 0.29) is 5.56 Å². The molecule has 1 N–H and O–H groups in total. The highest BCUT2D eigenvalue weighted by molar-refractivity contribution is 9.10. The number of ether oxygens (including phenoxy) is 1. The molecule has 5 heteroatoms. The van der Waals surface area contributed by atoms with Crippen molar-refractivity contribution in [1.29, 1.82) is 0 Å². The van der Waals surface area contributed by atoms with Crippen LogP contribution >= 0.6 is 27.7 Å². The predicted molar refractivity (Wildman–Crippen MR) is 83.7 cm³/mol. The molecule has 0 bridgehead atoms. The Bertz CT molecular complexity index is 628. The lowest BCUT2D eigenvalue weighted by Crippen LogP contribution is -1.99. The SMILES string of the molecule is COc1ccc(C(=O)O)cc1CSc1ccccc1Br. The highest BCUT2D eigenvalue weighted by Crippen LogP contribution is 2.32. The number of hydrogen-bond acceptors (Lipinski definition) is 3. The lowest BCUT2D eigenvalue weighted by Gasteiger charge is -2.10. The minimum absolute atomic E-state index is 0.272. The molecule has 3 nitrogen and oxygen atoms in total. The summed E-state index contributed by atoms with van der Waals surface area (Å²) in [7, 11) is 1.59. The fourth-order valence-corrected chi connectivity index (χ4v) is 3.29. The van der Waals surface area contributed by atoms with Gasteiger partial charge in [-0.3, -0.25) is 0 Å². The van der Waals surface area contributed by atoms with Gasteiger partial charge in [0.05, 0.1) is 12.7 Å². The zero-order valence-corrected chi connectivity index (χ0v) is 13.2. The highest BCUT2D eigenvalue weighted by Gasteiger charge is 2.10. The Morgan fingerprint density at radius 3 is 2.70 bits per heavy atom. The first-order chi connectivity index (χ1) is 9.61. The van der Waals surface area contributed by atoms with Gasteiger partial charge in [0.15, 0.2) is 0 Å². The number of benzene rings is 2. The Balaban J connectivity index is 2.22. The van der Waals surface area contributed by atoms with Crippen molar-refractivity contribution in [3.8, 4) is 5.75 Å². The number of rotatable bonds is 5. The molecule has 0 radical (unpaired) electrons. The standard InChI is InChI=1S/C15H13BrO3S/c1-19-13-7-6-10(15(17)18)8-11(13)9-20-14-5-3-2-4-12(14)16/h2-8H,9H2,1H3,(H,17,18). The second-order valence-corrected chi connectivity index (χ2v) is 5.92. The molecule has 0 fully saturated rings. The fourth-order valence-electron chi connectivity index (χ4n) is 1.74. The Labute approximate surface area is 130 Å². The van der Waals surface area contributed by atoms with Crippen molar-refractivity contribution < 1.29 is 14.6 Å². The maximum atomic E-state index is 11.0. The second kappa shape index (κ2) is 6.81. The van der Waals surface area contributed by atoms with E-state index in [0.29, 0.717) is 11.5 Å². The molecule has 20 heavy (non-hydrogen) atoms. The molecule has 0 atom stereocenters. The topological polar surface area (TPSA) is 46.5 Å². The number of carboxylic acids is 1. The first kappa shape index (κ1) is 14.9. The van der Waals surface area contributed by atoms with Crippen molar-refractivity contribution in [2.45, 2.75) is 10.6 Å². The fraction of sp³-hybridized carbons (Fsp3) is 0.133. The molecule has 0 saturated heterocycles. The average Bonchev–Trinajstić information content (AvgIpc) is 2.46. The Morgan fingerprint density at radius 2 is 2.05 bits per heavy atom. The van der Waals surface area contributed by atoms with Gasteiger partial charge in [-0.2, -0.15) is 0 Å². The van der Waals surface area contributed by atoms with Crippen molar-refractivity contribution in [1.82, 2.24) is 0 Å². The van der Waals surface area contributed by atoms with E-state index in [0.717, 1.165) is 14.9 Å². The minimum atomic E-state index is -0.931. The summed E-state index contributed by atoms with van der Waals surface area (Å²) in [4.78, 5) is 12.1. The number of hydrogen-bond donors (Lipinski definition) is 1. The van der Waals surface area contributed by atoms with Crippen molar-refractivity contribution >= 4 is 33.7 Å².